The SMILES string of the molecule is [N-]=[N+]=NC(F)(F)CO. The van der Waals surface area contributed by atoms with Gasteiger partial charge in [-0.2, -0.15) is 8.78 Å². The van der Waals surface area contributed by atoms with Crippen LogP contribution in [0.2, 0.25) is 0 Å². The van der Waals surface area contributed by atoms with Crippen molar-refractivity contribution in [3.8, 4) is 0 Å². The molecule has 0 saturated carbocycles. The predicted octanol–water partition coefficient (Wildman–Crippen LogP) is 0.882. The van der Waals surface area contributed by atoms with E-state index in [1.54, 1.807) is 4.91 Å². The zero-order valence-electron chi connectivity index (χ0n) is 3.75. The van der Waals surface area contributed by atoms with Gasteiger partial charge in [0.2, 0.25) is 0 Å². The first-order valence-electron chi connectivity index (χ1n) is 1.67. The van der Waals surface area contributed by atoms with Gasteiger partial charge in [0.25, 0.3) is 0 Å². The molecule has 0 spiro atoms. The quantitative estimate of drug-likeness (QED) is 0.252. The van der Waals surface area contributed by atoms with Gasteiger partial charge in [-0.05, 0) is 10.6 Å². The van der Waals surface area contributed by atoms with Crippen LogP contribution in [0.1, 0.15) is 0 Å². The highest BCUT2D eigenvalue weighted by atomic mass is 19.3. The topological polar surface area (TPSA) is 69.0 Å². The summed E-state index contributed by atoms with van der Waals surface area (Å²) in [4.78, 5) is 1.79. The summed E-state index contributed by atoms with van der Waals surface area (Å²) >= 11 is 0. The summed E-state index contributed by atoms with van der Waals surface area (Å²) in [5.41, 5.74) is 7.40. The Labute approximate surface area is 43.4 Å². The molecule has 6 heteroatoms. The third-order valence-corrected chi connectivity index (χ3v) is 0.381. The van der Waals surface area contributed by atoms with Gasteiger partial charge in [-0.3, -0.25) is 0 Å². The average molecular weight is 123 g/mol. The minimum atomic E-state index is -3.64. The monoisotopic (exact) mass is 123 g/mol. The molecule has 0 amide bonds. The molecule has 0 heterocycles. The van der Waals surface area contributed by atoms with E-state index in [0.717, 1.165) is 0 Å². The van der Waals surface area contributed by atoms with Crippen molar-refractivity contribution in [3.63, 3.8) is 0 Å². The number of rotatable bonds is 2. The molecule has 0 aromatic rings. The number of hydrogen-bond acceptors (Lipinski definition) is 2. The molecule has 1 N–H and O–H groups in total. The molecule has 0 unspecified atom stereocenters. The molecule has 0 radical (unpaired) electrons. The Morgan fingerprint density at radius 3 is 2.38 bits per heavy atom. The third-order valence-electron chi connectivity index (χ3n) is 0.381. The Hall–Kier alpha value is -0.870. The smallest absolute Gasteiger partial charge is 0.348 e. The molecule has 0 aliphatic rings. The van der Waals surface area contributed by atoms with E-state index < -0.39 is 12.7 Å². The van der Waals surface area contributed by atoms with Crippen molar-refractivity contribution in [1.82, 2.24) is 0 Å². The van der Waals surface area contributed by atoms with Gasteiger partial charge in [0.15, 0.2) is 0 Å². The lowest BCUT2D eigenvalue weighted by Crippen LogP contribution is -2.16. The molecule has 0 aromatic heterocycles. The van der Waals surface area contributed by atoms with Gasteiger partial charge >= 0.3 is 6.05 Å². The van der Waals surface area contributed by atoms with Crippen LogP contribution in [-0.4, -0.2) is 17.8 Å². The van der Waals surface area contributed by atoms with Gasteiger partial charge in [0, 0.05) is 4.91 Å². The molecule has 46 valence electrons. The lowest BCUT2D eigenvalue weighted by atomic mass is 10.6. The van der Waals surface area contributed by atoms with E-state index in [1.165, 1.54) is 0 Å². The molecule has 0 aliphatic carbocycles. The van der Waals surface area contributed by atoms with Crippen LogP contribution in [0.15, 0.2) is 5.11 Å². The highest BCUT2D eigenvalue weighted by Crippen LogP contribution is 2.12. The van der Waals surface area contributed by atoms with E-state index in [2.05, 4.69) is 0 Å². The summed E-state index contributed by atoms with van der Waals surface area (Å²) in [5.74, 6) is 0. The second-order valence-electron chi connectivity index (χ2n) is 1.01. The molecule has 0 aromatic carbocycles. The molecule has 0 aliphatic heterocycles. The second kappa shape index (κ2) is 2.44. The first kappa shape index (κ1) is 7.13. The Morgan fingerprint density at radius 1 is 1.75 bits per heavy atom. The fourth-order valence-corrected chi connectivity index (χ4v) is 0.0971. The maximum absolute atomic E-state index is 11.5. The van der Waals surface area contributed by atoms with Crippen LogP contribution < -0.4 is 0 Å². The summed E-state index contributed by atoms with van der Waals surface area (Å²) in [6, 6.07) is -3.64. The van der Waals surface area contributed by atoms with Gasteiger partial charge in [0.1, 0.15) is 6.61 Å². The number of aliphatic hydroxyl groups is 1. The highest BCUT2D eigenvalue weighted by molar-refractivity contribution is 4.59. The van der Waals surface area contributed by atoms with Crippen molar-refractivity contribution >= 4 is 0 Å². The molecule has 0 bridgehead atoms. The fourth-order valence-electron chi connectivity index (χ4n) is 0.0971. The Kier molecular flexibility index (Phi) is 2.18. The first-order chi connectivity index (χ1) is 3.62. The van der Waals surface area contributed by atoms with E-state index >= 15 is 0 Å². The number of alkyl halides is 2. The number of halogens is 2. The summed E-state index contributed by atoms with van der Waals surface area (Å²) in [6.45, 7) is -1.45. The fraction of sp³-hybridized carbons (Fsp3) is 1.00. The zero-order valence-corrected chi connectivity index (χ0v) is 3.75. The van der Waals surface area contributed by atoms with Crippen LogP contribution in [-0.2, 0) is 0 Å². The molecule has 4 nitrogen and oxygen atoms in total. The summed E-state index contributed by atoms with van der Waals surface area (Å²) in [6.07, 6.45) is 0. The normalized spacial score (nSPS) is 10.4. The first-order valence-corrected chi connectivity index (χ1v) is 1.67. The van der Waals surface area contributed by atoms with Crippen molar-refractivity contribution in [2.24, 2.45) is 5.11 Å². The minimum absolute atomic E-state index is 1.45. The lowest BCUT2D eigenvalue weighted by molar-refractivity contribution is -0.0430. The van der Waals surface area contributed by atoms with Gasteiger partial charge < -0.3 is 5.11 Å². The van der Waals surface area contributed by atoms with Crippen LogP contribution in [0.25, 0.3) is 10.4 Å². The van der Waals surface area contributed by atoms with Crippen molar-refractivity contribution in [2.75, 3.05) is 6.61 Å². The Morgan fingerprint density at radius 2 is 2.25 bits per heavy atom. The molecular weight excluding hydrogens is 120 g/mol. The van der Waals surface area contributed by atoms with Crippen LogP contribution in [0.3, 0.4) is 0 Å². The van der Waals surface area contributed by atoms with E-state index in [9.17, 15) is 8.78 Å². The van der Waals surface area contributed by atoms with Crippen LogP contribution in [0.4, 0.5) is 8.78 Å². The van der Waals surface area contributed by atoms with Crippen LogP contribution in [0.5, 0.6) is 0 Å². The van der Waals surface area contributed by atoms with Crippen molar-refractivity contribution in [2.45, 2.75) is 6.05 Å². The maximum atomic E-state index is 11.5. The van der Waals surface area contributed by atoms with Crippen molar-refractivity contribution < 1.29 is 13.9 Å². The Bertz CT molecular complexity index is 118. The van der Waals surface area contributed by atoms with Crippen molar-refractivity contribution in [3.05, 3.63) is 10.4 Å². The van der Waals surface area contributed by atoms with Gasteiger partial charge in [-0.15, -0.1) is 0 Å². The lowest BCUT2D eigenvalue weighted by Gasteiger charge is -2.01. The molecule has 0 fully saturated rings. The highest BCUT2D eigenvalue weighted by Gasteiger charge is 2.24. The second-order valence-corrected chi connectivity index (χ2v) is 1.01. The number of hydrogen-bond donors (Lipinski definition) is 1. The number of aliphatic hydroxyl groups excluding tert-OH is 1. The predicted molar refractivity (Wildman–Crippen MR) is 21.2 cm³/mol. The van der Waals surface area contributed by atoms with Crippen LogP contribution >= 0.6 is 0 Å². The molecule has 0 atom stereocenters. The zero-order chi connectivity index (χ0) is 6.62. The number of nitrogens with zero attached hydrogens (tertiary/aromatic N) is 3. The van der Waals surface area contributed by atoms with Crippen molar-refractivity contribution in [1.29, 1.82) is 0 Å². The van der Waals surface area contributed by atoms with Crippen LogP contribution in [0, 0.1) is 0 Å². The minimum Gasteiger partial charge on any atom is -0.390 e. The Balaban J connectivity index is 3.90. The van der Waals surface area contributed by atoms with E-state index in [-0.39, 0.29) is 0 Å². The molecule has 8 heavy (non-hydrogen) atoms. The van der Waals surface area contributed by atoms with E-state index in [4.69, 9.17) is 10.6 Å². The summed E-state index contributed by atoms with van der Waals surface area (Å²) < 4.78 is 23.0. The third kappa shape index (κ3) is 2.33. The number of azide groups is 1. The van der Waals surface area contributed by atoms with E-state index in [0.29, 0.717) is 0 Å². The standard InChI is InChI=1S/C2H3F2N3O/c3-2(4,1-8)6-7-5/h8H,1H2. The van der Waals surface area contributed by atoms with E-state index in [1.807, 2.05) is 5.11 Å². The maximum Gasteiger partial charge on any atom is 0.348 e. The summed E-state index contributed by atoms with van der Waals surface area (Å²) in [5, 5.41) is 9.68. The molecule has 0 saturated heterocycles. The summed E-state index contributed by atoms with van der Waals surface area (Å²) in [7, 11) is 0. The van der Waals surface area contributed by atoms with Gasteiger partial charge in [-0.25, -0.2) is 0 Å². The molecule has 0 rings (SSSR count). The van der Waals surface area contributed by atoms with Gasteiger partial charge in [-0.1, -0.05) is 0 Å². The van der Waals surface area contributed by atoms with Gasteiger partial charge in [0.05, 0.1) is 0 Å². The molecular formula is C2H3F2N3O. The largest absolute Gasteiger partial charge is 0.390 e. The average Bonchev–Trinajstić information content (AvgIpc) is 1.67.